The monoisotopic (exact) mass is 380 g/mol. The van der Waals surface area contributed by atoms with Crippen LogP contribution in [0.4, 0.5) is 0 Å². The van der Waals surface area contributed by atoms with Gasteiger partial charge in [-0.15, -0.1) is 0 Å². The van der Waals surface area contributed by atoms with E-state index in [1.165, 1.54) is 12.1 Å². The Morgan fingerprint density at radius 2 is 2.08 bits per heavy atom. The number of hydrogen-bond acceptors (Lipinski definition) is 7. The van der Waals surface area contributed by atoms with E-state index in [1.807, 2.05) is 17.8 Å². The number of benzene rings is 1. The Bertz CT molecular complexity index is 796. The highest BCUT2D eigenvalue weighted by Gasteiger charge is 2.30. The summed E-state index contributed by atoms with van der Waals surface area (Å²) in [5, 5.41) is 3.23. The van der Waals surface area contributed by atoms with Gasteiger partial charge >= 0.3 is 0 Å². The lowest BCUT2D eigenvalue weighted by molar-refractivity contribution is 0.0896. The Kier molecular flexibility index (Phi) is 5.86. The molecule has 2 heterocycles. The molecule has 1 unspecified atom stereocenters. The molecule has 0 bridgehead atoms. The van der Waals surface area contributed by atoms with Gasteiger partial charge in [0, 0.05) is 32.2 Å². The fraction of sp³-hybridized carbons (Fsp3) is 0.556. The van der Waals surface area contributed by atoms with Crippen molar-refractivity contribution in [3.8, 4) is 11.5 Å². The van der Waals surface area contributed by atoms with Gasteiger partial charge in [0.2, 0.25) is 0 Å². The van der Waals surface area contributed by atoms with E-state index in [0.717, 1.165) is 19.5 Å². The van der Waals surface area contributed by atoms with E-state index in [0.29, 0.717) is 36.7 Å². The molecule has 8 heteroatoms. The van der Waals surface area contributed by atoms with E-state index in [2.05, 4.69) is 5.32 Å². The molecule has 3 rings (SSSR count). The number of nitrogens with one attached hydrogen (secondary N) is 1. The molecule has 2 aliphatic heterocycles. The molecule has 0 aromatic heterocycles. The zero-order chi connectivity index (χ0) is 18.6. The van der Waals surface area contributed by atoms with Crippen LogP contribution in [-0.4, -0.2) is 63.9 Å². The summed E-state index contributed by atoms with van der Waals surface area (Å²) in [6, 6.07) is 4.64. The highest BCUT2D eigenvalue weighted by atomic mass is 32.2. The lowest BCUT2D eigenvalue weighted by Crippen LogP contribution is -2.47. The zero-order valence-corrected chi connectivity index (χ0v) is 15.7. The molecule has 0 saturated carbocycles. The smallest absolute Gasteiger partial charge is 0.183 e. The second-order valence-electron chi connectivity index (χ2n) is 6.42. The molecule has 2 aliphatic rings. The van der Waals surface area contributed by atoms with Gasteiger partial charge in [0.15, 0.2) is 27.4 Å². The number of piperazine rings is 1. The minimum Gasteiger partial charge on any atom is -0.485 e. The van der Waals surface area contributed by atoms with Crippen molar-refractivity contribution in [3.63, 3.8) is 0 Å². The first-order valence-electron chi connectivity index (χ1n) is 8.92. The van der Waals surface area contributed by atoms with E-state index < -0.39 is 15.9 Å². The molecule has 1 aromatic carbocycles. The molecule has 1 N–H and O–H groups in total. The summed E-state index contributed by atoms with van der Waals surface area (Å²) in [5.74, 6) is 2.95. The zero-order valence-electron chi connectivity index (χ0n) is 14.9. The number of ether oxygens (including phenoxy) is 2. The second kappa shape index (κ2) is 8.12. The average molecular weight is 380 g/mol. The van der Waals surface area contributed by atoms with Crippen LogP contribution in [-0.2, 0) is 14.6 Å². The van der Waals surface area contributed by atoms with Gasteiger partial charge < -0.3 is 19.7 Å². The molecule has 7 nitrogen and oxygen atoms in total. The predicted molar refractivity (Wildman–Crippen MR) is 97.0 cm³/mol. The molecular formula is C18H24N2O5S. The normalized spacial score (nSPS) is 19.7. The number of fused-ring (bicyclic) bond motifs is 1. The third kappa shape index (κ3) is 4.03. The van der Waals surface area contributed by atoms with Gasteiger partial charge in [0.1, 0.15) is 18.2 Å². The summed E-state index contributed by atoms with van der Waals surface area (Å²) in [7, 11) is -3.33. The molecule has 1 aromatic rings. The Morgan fingerprint density at radius 3 is 2.77 bits per heavy atom. The maximum absolute atomic E-state index is 12.3. The topological polar surface area (TPSA) is 84.9 Å². The van der Waals surface area contributed by atoms with Gasteiger partial charge in [0.25, 0.3) is 0 Å². The average Bonchev–Trinajstić information content (AvgIpc) is 2.67. The first-order valence-corrected chi connectivity index (χ1v) is 10.6. The molecule has 1 atom stereocenters. The van der Waals surface area contributed by atoms with E-state index in [9.17, 15) is 13.2 Å². The summed E-state index contributed by atoms with van der Waals surface area (Å²) in [4.78, 5) is 13.6. The van der Waals surface area contributed by atoms with Crippen LogP contribution in [0.1, 0.15) is 19.8 Å². The Hall–Kier alpha value is -2.02. The number of rotatable bonds is 6. The quantitative estimate of drug-likeness (QED) is 0.738. The van der Waals surface area contributed by atoms with Crippen LogP contribution >= 0.6 is 0 Å². The molecule has 0 amide bonds. The van der Waals surface area contributed by atoms with E-state index in [4.69, 9.17) is 9.47 Å². The number of hydrogen-bond donors (Lipinski definition) is 1. The highest BCUT2D eigenvalue weighted by molar-refractivity contribution is 7.91. The van der Waals surface area contributed by atoms with Gasteiger partial charge in [-0.05, 0) is 18.6 Å². The van der Waals surface area contributed by atoms with E-state index in [1.54, 1.807) is 6.07 Å². The van der Waals surface area contributed by atoms with Gasteiger partial charge in [-0.3, -0.25) is 0 Å². The molecule has 1 saturated heterocycles. The summed E-state index contributed by atoms with van der Waals surface area (Å²) in [6.45, 7) is 5.14. The fourth-order valence-corrected chi connectivity index (χ4v) is 4.54. The molecule has 1 fully saturated rings. The summed E-state index contributed by atoms with van der Waals surface area (Å²) in [6.07, 6.45) is 0.899. The van der Waals surface area contributed by atoms with Crippen LogP contribution in [0.25, 0.3) is 0 Å². The molecule has 0 radical (unpaired) electrons. The van der Waals surface area contributed by atoms with Gasteiger partial charge in [-0.2, -0.15) is 0 Å². The van der Waals surface area contributed by atoms with Crippen molar-refractivity contribution in [3.05, 3.63) is 23.9 Å². The van der Waals surface area contributed by atoms with Crippen molar-refractivity contribution in [2.75, 3.05) is 38.5 Å². The van der Waals surface area contributed by atoms with Crippen molar-refractivity contribution >= 4 is 15.8 Å². The second-order valence-corrected chi connectivity index (χ2v) is 8.53. The molecule has 0 aliphatic carbocycles. The van der Waals surface area contributed by atoms with Gasteiger partial charge in [0.05, 0.1) is 10.6 Å². The molecule has 26 heavy (non-hydrogen) atoms. The van der Waals surface area contributed by atoms with Crippen molar-refractivity contribution in [2.24, 2.45) is 0 Å². The van der Waals surface area contributed by atoms with E-state index >= 15 is 0 Å². The third-order valence-corrected chi connectivity index (χ3v) is 6.37. The van der Waals surface area contributed by atoms with Crippen LogP contribution < -0.4 is 14.8 Å². The summed E-state index contributed by atoms with van der Waals surface area (Å²) >= 11 is 0. The number of sulfone groups is 1. The number of carbonyl (C=O) groups excluding carboxylic acids is 1. The number of unbranched alkanes of at least 4 members (excludes halogenated alkanes) is 1. The minimum absolute atomic E-state index is 0.118. The molecule has 0 spiro atoms. The van der Waals surface area contributed by atoms with Crippen LogP contribution in [0, 0.1) is 0 Å². The SMILES string of the molecule is CCCCS(=O)(=O)c1ccc2c(c1)OCC(C(=C=O)N1CCNCC1)O2. The fourth-order valence-electron chi connectivity index (χ4n) is 3.07. The maximum atomic E-state index is 12.3. The maximum Gasteiger partial charge on any atom is 0.183 e. The largest absolute Gasteiger partial charge is 0.485 e. The van der Waals surface area contributed by atoms with Gasteiger partial charge in [-0.25, -0.2) is 13.2 Å². The Labute approximate surface area is 153 Å². The predicted octanol–water partition coefficient (Wildman–Crippen LogP) is 1.02. The molecule has 142 valence electrons. The first-order chi connectivity index (χ1) is 12.5. The van der Waals surface area contributed by atoms with Crippen LogP contribution in [0.3, 0.4) is 0 Å². The standard InChI is InChI=1S/C18H24N2O5S/c1-2-3-10-26(22,23)14-4-5-16-17(11-14)24-13-18(25-16)15(12-21)20-8-6-19-7-9-20/h4-5,11,18-19H,2-3,6-10,13H2,1H3. The van der Waals surface area contributed by atoms with Crippen LogP contribution in [0.5, 0.6) is 11.5 Å². The van der Waals surface area contributed by atoms with Crippen molar-refractivity contribution in [1.82, 2.24) is 10.2 Å². The number of nitrogens with zero attached hydrogens (tertiary/aromatic N) is 1. The Morgan fingerprint density at radius 1 is 1.31 bits per heavy atom. The first kappa shape index (κ1) is 18.8. The van der Waals surface area contributed by atoms with Crippen LogP contribution in [0.2, 0.25) is 0 Å². The summed E-state index contributed by atoms with van der Waals surface area (Å²) < 4.78 is 36.3. The van der Waals surface area contributed by atoms with Crippen molar-refractivity contribution in [2.45, 2.75) is 30.8 Å². The molecular weight excluding hydrogens is 356 g/mol. The lowest BCUT2D eigenvalue weighted by Gasteiger charge is -2.35. The lowest BCUT2D eigenvalue weighted by atomic mass is 10.2. The third-order valence-electron chi connectivity index (χ3n) is 4.57. The van der Waals surface area contributed by atoms with Crippen molar-refractivity contribution < 1.29 is 22.7 Å². The van der Waals surface area contributed by atoms with E-state index in [-0.39, 0.29) is 17.3 Å². The van der Waals surface area contributed by atoms with Gasteiger partial charge in [-0.1, -0.05) is 13.3 Å². The van der Waals surface area contributed by atoms with Crippen LogP contribution in [0.15, 0.2) is 28.8 Å². The summed E-state index contributed by atoms with van der Waals surface area (Å²) in [5.41, 5.74) is 0.441. The minimum atomic E-state index is -3.33. The highest BCUT2D eigenvalue weighted by Crippen LogP contribution is 2.35. The van der Waals surface area contributed by atoms with Crippen molar-refractivity contribution in [1.29, 1.82) is 0 Å². The Balaban J connectivity index is 1.76.